The lowest BCUT2D eigenvalue weighted by Crippen LogP contribution is -2.30. The first-order chi connectivity index (χ1) is 12.2. The molecule has 0 radical (unpaired) electrons. The zero-order chi connectivity index (χ0) is 17.5. The average Bonchev–Trinajstić information content (AvgIpc) is 3.11. The number of ether oxygens (including phenoxy) is 1. The molecule has 6 heteroatoms. The van der Waals surface area contributed by atoms with E-state index < -0.39 is 0 Å². The molecule has 0 bridgehead atoms. The largest absolute Gasteiger partial charge is 0.484 e. The highest BCUT2D eigenvalue weighted by molar-refractivity contribution is 6.30. The molecule has 0 saturated carbocycles. The number of carbonyl (C=O) groups excluding carboxylic acids is 1. The lowest BCUT2D eigenvalue weighted by atomic mass is 10.2. The molecule has 25 heavy (non-hydrogen) atoms. The number of hydrogen-bond donors (Lipinski definition) is 1. The van der Waals surface area contributed by atoms with Crippen molar-refractivity contribution in [1.82, 2.24) is 15.1 Å². The van der Waals surface area contributed by atoms with E-state index in [9.17, 15) is 4.79 Å². The molecule has 128 valence electrons. The van der Waals surface area contributed by atoms with E-state index in [2.05, 4.69) is 10.4 Å². The predicted molar refractivity (Wildman–Crippen MR) is 97.2 cm³/mol. The van der Waals surface area contributed by atoms with E-state index in [1.165, 1.54) is 0 Å². The number of para-hydroxylation sites is 1. The highest BCUT2D eigenvalue weighted by Crippen LogP contribution is 2.15. The summed E-state index contributed by atoms with van der Waals surface area (Å²) in [5.41, 5.74) is 2.07. The van der Waals surface area contributed by atoms with E-state index in [1.54, 1.807) is 24.3 Å². The average molecular weight is 356 g/mol. The van der Waals surface area contributed by atoms with Gasteiger partial charge in [-0.2, -0.15) is 5.10 Å². The Kier molecular flexibility index (Phi) is 5.69. The summed E-state index contributed by atoms with van der Waals surface area (Å²) in [7, 11) is 0. The summed E-state index contributed by atoms with van der Waals surface area (Å²) < 4.78 is 7.22. The van der Waals surface area contributed by atoms with Crippen molar-refractivity contribution in [1.29, 1.82) is 0 Å². The molecule has 0 atom stereocenters. The standard InChI is InChI=1S/C19H18ClN3O2/c20-16-6-8-18(9-7-16)25-14-19(24)21-11-10-15-12-22-23(13-15)17-4-2-1-3-5-17/h1-9,12-13H,10-11,14H2,(H,21,24). The first-order valence-corrected chi connectivity index (χ1v) is 8.32. The van der Waals surface area contributed by atoms with Gasteiger partial charge in [-0.15, -0.1) is 0 Å². The van der Waals surface area contributed by atoms with Crippen molar-refractivity contribution in [2.24, 2.45) is 0 Å². The normalized spacial score (nSPS) is 10.4. The van der Waals surface area contributed by atoms with Crippen LogP contribution in [0.5, 0.6) is 5.75 Å². The van der Waals surface area contributed by atoms with Crippen LogP contribution in [-0.4, -0.2) is 28.8 Å². The van der Waals surface area contributed by atoms with Crippen LogP contribution >= 0.6 is 11.6 Å². The van der Waals surface area contributed by atoms with E-state index in [0.29, 0.717) is 23.7 Å². The van der Waals surface area contributed by atoms with Crippen LogP contribution < -0.4 is 10.1 Å². The molecule has 1 N–H and O–H groups in total. The quantitative estimate of drug-likeness (QED) is 0.707. The Morgan fingerprint density at radius 1 is 1.12 bits per heavy atom. The minimum absolute atomic E-state index is 0.0229. The number of nitrogens with zero attached hydrogens (tertiary/aromatic N) is 2. The Bertz CT molecular complexity index is 816. The Morgan fingerprint density at radius 2 is 1.88 bits per heavy atom. The number of hydrogen-bond acceptors (Lipinski definition) is 3. The van der Waals surface area contributed by atoms with Gasteiger partial charge in [-0.25, -0.2) is 4.68 Å². The summed E-state index contributed by atoms with van der Waals surface area (Å²) >= 11 is 5.80. The summed E-state index contributed by atoms with van der Waals surface area (Å²) in [5, 5.41) is 7.80. The second-order valence-electron chi connectivity index (χ2n) is 5.47. The Labute approximate surface area is 151 Å². The van der Waals surface area contributed by atoms with Gasteiger partial charge in [0.25, 0.3) is 5.91 Å². The molecule has 0 aliphatic rings. The zero-order valence-corrected chi connectivity index (χ0v) is 14.3. The molecule has 2 aromatic carbocycles. The summed E-state index contributed by atoms with van der Waals surface area (Å²) in [6.45, 7) is 0.508. The smallest absolute Gasteiger partial charge is 0.257 e. The predicted octanol–water partition coefficient (Wildman–Crippen LogP) is 3.26. The SMILES string of the molecule is O=C(COc1ccc(Cl)cc1)NCCc1cnn(-c2ccccc2)c1. The highest BCUT2D eigenvalue weighted by atomic mass is 35.5. The molecule has 1 amide bonds. The van der Waals surface area contributed by atoms with E-state index in [0.717, 1.165) is 11.3 Å². The Hall–Kier alpha value is -2.79. The zero-order valence-electron chi connectivity index (χ0n) is 13.6. The lowest BCUT2D eigenvalue weighted by molar-refractivity contribution is -0.123. The van der Waals surface area contributed by atoms with Gasteiger partial charge in [0, 0.05) is 17.8 Å². The van der Waals surface area contributed by atoms with Gasteiger partial charge in [0.2, 0.25) is 0 Å². The molecule has 0 saturated heterocycles. The molecule has 1 heterocycles. The first kappa shape index (κ1) is 17.0. The molecule has 0 aliphatic carbocycles. The van der Waals surface area contributed by atoms with Gasteiger partial charge in [0.1, 0.15) is 5.75 Å². The van der Waals surface area contributed by atoms with Crippen LogP contribution in [0, 0.1) is 0 Å². The number of nitrogens with one attached hydrogen (secondary N) is 1. The molecule has 0 spiro atoms. The van der Waals surface area contributed by atoms with Crippen LogP contribution in [0.15, 0.2) is 67.0 Å². The van der Waals surface area contributed by atoms with Crippen LogP contribution in [0.2, 0.25) is 5.02 Å². The number of halogens is 1. The molecular formula is C19H18ClN3O2. The van der Waals surface area contributed by atoms with Crippen molar-refractivity contribution >= 4 is 17.5 Å². The number of amides is 1. The molecule has 3 rings (SSSR count). The monoisotopic (exact) mass is 355 g/mol. The van der Waals surface area contributed by atoms with Crippen LogP contribution in [-0.2, 0) is 11.2 Å². The fraction of sp³-hybridized carbons (Fsp3) is 0.158. The molecule has 0 aliphatic heterocycles. The van der Waals surface area contributed by atoms with E-state index >= 15 is 0 Å². The fourth-order valence-electron chi connectivity index (χ4n) is 2.29. The molecular weight excluding hydrogens is 338 g/mol. The van der Waals surface area contributed by atoms with Gasteiger partial charge in [-0.1, -0.05) is 29.8 Å². The number of carbonyl (C=O) groups is 1. The van der Waals surface area contributed by atoms with Crippen molar-refractivity contribution in [3.63, 3.8) is 0 Å². The summed E-state index contributed by atoms with van der Waals surface area (Å²) in [4.78, 5) is 11.8. The van der Waals surface area contributed by atoms with Gasteiger partial charge >= 0.3 is 0 Å². The topological polar surface area (TPSA) is 56.1 Å². The molecule has 1 aromatic heterocycles. The van der Waals surface area contributed by atoms with Gasteiger partial charge in [-0.3, -0.25) is 4.79 Å². The third kappa shape index (κ3) is 5.09. The van der Waals surface area contributed by atoms with E-state index in [-0.39, 0.29) is 12.5 Å². The van der Waals surface area contributed by atoms with Crippen molar-refractivity contribution in [3.8, 4) is 11.4 Å². The minimum Gasteiger partial charge on any atom is -0.484 e. The fourth-order valence-corrected chi connectivity index (χ4v) is 2.41. The van der Waals surface area contributed by atoms with Crippen LogP contribution in [0.1, 0.15) is 5.56 Å². The summed E-state index contributed by atoms with van der Waals surface area (Å²) in [6, 6.07) is 16.8. The third-order valence-electron chi connectivity index (χ3n) is 3.58. The molecule has 0 fully saturated rings. The maximum Gasteiger partial charge on any atom is 0.257 e. The Balaban J connectivity index is 1.41. The maximum atomic E-state index is 11.8. The van der Waals surface area contributed by atoms with Crippen LogP contribution in [0.3, 0.4) is 0 Å². The lowest BCUT2D eigenvalue weighted by Gasteiger charge is -2.07. The van der Waals surface area contributed by atoms with Crippen molar-refractivity contribution in [2.75, 3.05) is 13.2 Å². The number of aromatic nitrogens is 2. The summed E-state index contributed by atoms with van der Waals surface area (Å²) in [5.74, 6) is 0.453. The van der Waals surface area contributed by atoms with Crippen LogP contribution in [0.4, 0.5) is 0 Å². The van der Waals surface area contributed by atoms with E-state index in [1.807, 2.05) is 47.4 Å². The van der Waals surface area contributed by atoms with Crippen molar-refractivity contribution in [2.45, 2.75) is 6.42 Å². The van der Waals surface area contributed by atoms with E-state index in [4.69, 9.17) is 16.3 Å². The second kappa shape index (κ2) is 8.35. The van der Waals surface area contributed by atoms with Gasteiger partial charge in [0.05, 0.1) is 11.9 Å². The third-order valence-corrected chi connectivity index (χ3v) is 3.83. The van der Waals surface area contributed by atoms with Gasteiger partial charge in [0.15, 0.2) is 6.61 Å². The summed E-state index contributed by atoms with van der Waals surface area (Å²) in [6.07, 6.45) is 4.48. The molecule has 3 aromatic rings. The van der Waals surface area contributed by atoms with Crippen LogP contribution in [0.25, 0.3) is 5.69 Å². The molecule has 0 unspecified atom stereocenters. The second-order valence-corrected chi connectivity index (χ2v) is 5.91. The minimum atomic E-state index is -0.162. The molecule has 5 nitrogen and oxygen atoms in total. The Morgan fingerprint density at radius 3 is 2.64 bits per heavy atom. The van der Waals surface area contributed by atoms with Gasteiger partial charge in [-0.05, 0) is 48.4 Å². The van der Waals surface area contributed by atoms with Gasteiger partial charge < -0.3 is 10.1 Å². The van der Waals surface area contributed by atoms with Crippen molar-refractivity contribution in [3.05, 3.63) is 77.6 Å². The van der Waals surface area contributed by atoms with Crippen molar-refractivity contribution < 1.29 is 9.53 Å². The highest BCUT2D eigenvalue weighted by Gasteiger charge is 2.04. The number of benzene rings is 2. The first-order valence-electron chi connectivity index (χ1n) is 7.95. The number of rotatable bonds is 7. The maximum absolute atomic E-state index is 11.8.